The van der Waals surface area contributed by atoms with Crippen LogP contribution in [-0.2, 0) is 0 Å². The number of benzene rings is 1. The van der Waals surface area contributed by atoms with Gasteiger partial charge in [-0.25, -0.2) is 0 Å². The summed E-state index contributed by atoms with van der Waals surface area (Å²) in [6, 6.07) is 7.06. The lowest BCUT2D eigenvalue weighted by Crippen LogP contribution is -2.47. The number of nitrogens with two attached hydrogens (primary N) is 1. The fourth-order valence-electron chi connectivity index (χ4n) is 3.98. The van der Waals surface area contributed by atoms with Gasteiger partial charge in [-0.2, -0.15) is 0 Å². The van der Waals surface area contributed by atoms with Crippen LogP contribution in [0.1, 0.15) is 44.1 Å². The molecule has 0 aromatic heterocycles. The maximum absolute atomic E-state index is 6.23. The third kappa shape index (κ3) is 1.98. The third-order valence-electron chi connectivity index (χ3n) is 4.80. The second kappa shape index (κ2) is 4.83. The van der Waals surface area contributed by atoms with Gasteiger partial charge < -0.3 is 10.6 Å². The maximum atomic E-state index is 6.23. The molecule has 2 aliphatic rings. The smallest absolute Gasteiger partial charge is 0.0632 e. The molecule has 0 spiro atoms. The summed E-state index contributed by atoms with van der Waals surface area (Å²) in [7, 11) is 0. The Morgan fingerprint density at radius 1 is 1.11 bits per heavy atom. The molecule has 18 heavy (non-hydrogen) atoms. The molecule has 0 unspecified atom stereocenters. The summed E-state index contributed by atoms with van der Waals surface area (Å²) < 4.78 is 0. The summed E-state index contributed by atoms with van der Waals surface area (Å²) in [4.78, 5) is 2.62. The predicted molar refractivity (Wildman–Crippen MR) is 77.9 cm³/mol. The molecule has 98 valence electrons. The van der Waals surface area contributed by atoms with Crippen molar-refractivity contribution in [2.75, 3.05) is 17.2 Å². The van der Waals surface area contributed by atoms with E-state index in [0.717, 1.165) is 17.6 Å². The van der Waals surface area contributed by atoms with Gasteiger partial charge in [0.15, 0.2) is 0 Å². The average Bonchev–Trinajstić information content (AvgIpc) is 2.39. The molecule has 2 nitrogen and oxygen atoms in total. The molecule has 0 amide bonds. The largest absolute Gasteiger partial charge is 0.397 e. The molecule has 1 saturated heterocycles. The van der Waals surface area contributed by atoms with Gasteiger partial charge in [-0.3, -0.25) is 0 Å². The fraction of sp³-hybridized carbons (Fsp3) is 0.625. The van der Waals surface area contributed by atoms with Crippen molar-refractivity contribution in [1.82, 2.24) is 0 Å². The number of para-hydroxylation sites is 1. The molecule has 0 radical (unpaired) electrons. The van der Waals surface area contributed by atoms with Gasteiger partial charge in [0.1, 0.15) is 0 Å². The normalized spacial score (nSPS) is 27.9. The third-order valence-corrected chi connectivity index (χ3v) is 4.80. The molecule has 2 fully saturated rings. The topological polar surface area (TPSA) is 29.3 Å². The van der Waals surface area contributed by atoms with Gasteiger partial charge in [0, 0.05) is 12.6 Å². The summed E-state index contributed by atoms with van der Waals surface area (Å²) in [5, 5.41) is 0. The number of hydrogen-bond acceptors (Lipinski definition) is 2. The lowest BCUT2D eigenvalue weighted by atomic mass is 9.78. The molecule has 1 aromatic rings. The van der Waals surface area contributed by atoms with Gasteiger partial charge in [0.05, 0.1) is 11.4 Å². The zero-order chi connectivity index (χ0) is 12.5. The van der Waals surface area contributed by atoms with Crippen molar-refractivity contribution in [2.45, 2.75) is 51.5 Å². The van der Waals surface area contributed by atoms with Gasteiger partial charge in [0.2, 0.25) is 0 Å². The van der Waals surface area contributed by atoms with Crippen LogP contribution in [-0.4, -0.2) is 12.6 Å². The van der Waals surface area contributed by atoms with Crippen LogP contribution in [0.4, 0.5) is 11.4 Å². The minimum absolute atomic E-state index is 0.746. The van der Waals surface area contributed by atoms with Gasteiger partial charge in [-0.05, 0) is 50.2 Å². The standard InChI is InChI=1S/C16H24N2/c1-12-6-4-9-14(17)16(12)18-11-5-8-13-7-2-3-10-15(13)18/h4,6,9,13,15H,2-3,5,7-8,10-11,17H2,1H3/t13-,15-/m1/s1. The summed E-state index contributed by atoms with van der Waals surface area (Å²) in [5.74, 6) is 0.909. The Kier molecular flexibility index (Phi) is 3.19. The Morgan fingerprint density at radius 2 is 1.89 bits per heavy atom. The molecule has 1 saturated carbocycles. The second-order valence-electron chi connectivity index (χ2n) is 5.96. The molecular formula is C16H24N2. The number of hydrogen-bond donors (Lipinski definition) is 1. The van der Waals surface area contributed by atoms with Crippen molar-refractivity contribution in [1.29, 1.82) is 0 Å². The summed E-state index contributed by atoms with van der Waals surface area (Å²) in [6.07, 6.45) is 8.36. The molecule has 1 aromatic carbocycles. The van der Waals surface area contributed by atoms with Crippen molar-refractivity contribution in [3.8, 4) is 0 Å². The van der Waals surface area contributed by atoms with E-state index < -0.39 is 0 Å². The SMILES string of the molecule is Cc1cccc(N)c1N1CCC[C@H]2CCCC[C@H]21. The summed E-state index contributed by atoms with van der Waals surface area (Å²) in [6.45, 7) is 3.38. The highest BCUT2D eigenvalue weighted by atomic mass is 15.2. The molecule has 1 aliphatic carbocycles. The first kappa shape index (κ1) is 11.9. The summed E-state index contributed by atoms with van der Waals surface area (Å²) in [5.41, 5.74) is 9.84. The fourth-order valence-corrected chi connectivity index (χ4v) is 3.98. The predicted octanol–water partition coefficient (Wildman–Crippen LogP) is 3.74. The highest BCUT2D eigenvalue weighted by molar-refractivity contribution is 5.72. The summed E-state index contributed by atoms with van der Waals surface area (Å²) >= 11 is 0. The average molecular weight is 244 g/mol. The highest BCUT2D eigenvalue weighted by Crippen LogP contribution is 2.40. The van der Waals surface area contributed by atoms with Crippen molar-refractivity contribution < 1.29 is 0 Å². The lowest BCUT2D eigenvalue weighted by Gasteiger charge is -2.46. The van der Waals surface area contributed by atoms with Crippen molar-refractivity contribution in [2.24, 2.45) is 5.92 Å². The Labute approximate surface area is 110 Å². The van der Waals surface area contributed by atoms with Crippen LogP contribution >= 0.6 is 0 Å². The van der Waals surface area contributed by atoms with Gasteiger partial charge >= 0.3 is 0 Å². The Hall–Kier alpha value is -1.18. The number of nitrogen functional groups attached to an aromatic ring is 1. The van der Waals surface area contributed by atoms with Crippen LogP contribution in [0.5, 0.6) is 0 Å². The number of fused-ring (bicyclic) bond motifs is 1. The van der Waals surface area contributed by atoms with E-state index in [2.05, 4.69) is 30.0 Å². The Balaban J connectivity index is 1.94. The van der Waals surface area contributed by atoms with E-state index in [1.54, 1.807) is 0 Å². The first-order valence-corrected chi connectivity index (χ1v) is 7.39. The van der Waals surface area contributed by atoms with Crippen molar-refractivity contribution in [3.05, 3.63) is 23.8 Å². The quantitative estimate of drug-likeness (QED) is 0.763. The van der Waals surface area contributed by atoms with Crippen LogP contribution in [0.15, 0.2) is 18.2 Å². The van der Waals surface area contributed by atoms with Crippen LogP contribution < -0.4 is 10.6 Å². The van der Waals surface area contributed by atoms with E-state index >= 15 is 0 Å². The molecule has 2 atom stereocenters. The lowest BCUT2D eigenvalue weighted by molar-refractivity contribution is 0.244. The van der Waals surface area contributed by atoms with Crippen LogP contribution in [0.3, 0.4) is 0 Å². The van der Waals surface area contributed by atoms with Crippen LogP contribution in [0, 0.1) is 12.8 Å². The second-order valence-corrected chi connectivity index (χ2v) is 5.96. The van der Waals surface area contributed by atoms with Gasteiger partial charge in [-0.1, -0.05) is 25.0 Å². The van der Waals surface area contributed by atoms with Crippen LogP contribution in [0.25, 0.3) is 0 Å². The minimum Gasteiger partial charge on any atom is -0.397 e. The molecule has 1 heterocycles. The van der Waals surface area contributed by atoms with Crippen molar-refractivity contribution in [3.63, 3.8) is 0 Å². The minimum atomic E-state index is 0.746. The number of aryl methyl sites for hydroxylation is 1. The van der Waals surface area contributed by atoms with E-state index in [-0.39, 0.29) is 0 Å². The molecular weight excluding hydrogens is 220 g/mol. The van der Waals surface area contributed by atoms with E-state index in [0.29, 0.717) is 0 Å². The molecule has 1 aliphatic heterocycles. The van der Waals surface area contributed by atoms with E-state index in [4.69, 9.17) is 5.73 Å². The van der Waals surface area contributed by atoms with E-state index in [1.165, 1.54) is 56.3 Å². The molecule has 2 N–H and O–H groups in total. The number of rotatable bonds is 1. The highest BCUT2D eigenvalue weighted by Gasteiger charge is 2.34. The maximum Gasteiger partial charge on any atom is 0.0632 e. The zero-order valence-electron chi connectivity index (χ0n) is 11.4. The molecule has 3 rings (SSSR count). The number of anilines is 2. The molecule has 0 bridgehead atoms. The zero-order valence-corrected chi connectivity index (χ0v) is 11.4. The van der Waals surface area contributed by atoms with Gasteiger partial charge in [-0.15, -0.1) is 0 Å². The van der Waals surface area contributed by atoms with E-state index in [9.17, 15) is 0 Å². The van der Waals surface area contributed by atoms with Gasteiger partial charge in [0.25, 0.3) is 0 Å². The van der Waals surface area contributed by atoms with E-state index in [1.807, 2.05) is 0 Å². The first-order valence-electron chi connectivity index (χ1n) is 7.39. The monoisotopic (exact) mass is 244 g/mol. The number of nitrogens with zero attached hydrogens (tertiary/aromatic N) is 1. The number of piperidine rings is 1. The van der Waals surface area contributed by atoms with Crippen molar-refractivity contribution >= 4 is 11.4 Å². The van der Waals surface area contributed by atoms with Crippen LogP contribution in [0.2, 0.25) is 0 Å². The first-order chi connectivity index (χ1) is 8.77. The Bertz CT molecular complexity index is 405. The Morgan fingerprint density at radius 3 is 2.72 bits per heavy atom. The molecule has 2 heteroatoms.